The Morgan fingerprint density at radius 1 is 0.971 bits per heavy atom. The molecule has 2 aromatic rings. The summed E-state index contributed by atoms with van der Waals surface area (Å²) in [5, 5.41) is 14.4. The van der Waals surface area contributed by atoms with Gasteiger partial charge in [-0.25, -0.2) is 9.59 Å². The van der Waals surface area contributed by atoms with Crippen molar-refractivity contribution in [1.82, 2.24) is 10.6 Å². The van der Waals surface area contributed by atoms with Crippen LogP contribution in [0.3, 0.4) is 0 Å². The first-order valence-electron chi connectivity index (χ1n) is 11.6. The highest BCUT2D eigenvalue weighted by Gasteiger charge is 2.29. The van der Waals surface area contributed by atoms with Crippen LogP contribution in [0.2, 0.25) is 0 Å². The maximum absolute atomic E-state index is 12.5. The number of rotatable bonds is 13. The summed E-state index contributed by atoms with van der Waals surface area (Å²) in [5.41, 5.74) is 4.54. The number of methoxy groups -OCH3 is 2. The van der Waals surface area contributed by atoms with Crippen LogP contribution in [0, 0.1) is 0 Å². The third-order valence-electron chi connectivity index (χ3n) is 6.05. The average Bonchev–Trinajstić information content (AvgIpc) is 3.18. The Morgan fingerprint density at radius 2 is 1.60 bits per heavy atom. The van der Waals surface area contributed by atoms with E-state index in [2.05, 4.69) is 22.8 Å². The molecule has 188 valence electrons. The zero-order chi connectivity index (χ0) is 25.2. The van der Waals surface area contributed by atoms with E-state index >= 15 is 0 Å². The van der Waals surface area contributed by atoms with Crippen molar-refractivity contribution in [1.29, 1.82) is 0 Å². The van der Waals surface area contributed by atoms with Crippen LogP contribution in [0.5, 0.6) is 0 Å². The Balaban J connectivity index is 1.46. The molecule has 0 spiro atoms. The maximum Gasteiger partial charge on any atom is 0.407 e. The molecule has 35 heavy (non-hydrogen) atoms. The number of ether oxygens (including phenoxy) is 3. The quantitative estimate of drug-likeness (QED) is 0.374. The van der Waals surface area contributed by atoms with E-state index in [1.807, 2.05) is 36.4 Å². The maximum atomic E-state index is 12.5. The van der Waals surface area contributed by atoms with Crippen LogP contribution >= 0.6 is 0 Å². The van der Waals surface area contributed by atoms with Gasteiger partial charge in [0.2, 0.25) is 5.91 Å². The van der Waals surface area contributed by atoms with Gasteiger partial charge < -0.3 is 30.0 Å². The Hall–Kier alpha value is -3.43. The van der Waals surface area contributed by atoms with E-state index in [1.54, 1.807) is 0 Å². The molecule has 9 nitrogen and oxygen atoms in total. The third-order valence-corrected chi connectivity index (χ3v) is 6.05. The molecular formula is C26H32N2O7. The van der Waals surface area contributed by atoms with Gasteiger partial charge in [-0.3, -0.25) is 4.79 Å². The molecular weight excluding hydrogens is 452 g/mol. The molecule has 3 rings (SSSR count). The van der Waals surface area contributed by atoms with Crippen LogP contribution < -0.4 is 10.6 Å². The van der Waals surface area contributed by atoms with Gasteiger partial charge in [-0.2, -0.15) is 0 Å². The molecule has 0 saturated carbocycles. The summed E-state index contributed by atoms with van der Waals surface area (Å²) in [4.78, 5) is 36.2. The summed E-state index contributed by atoms with van der Waals surface area (Å²) >= 11 is 0. The lowest BCUT2D eigenvalue weighted by Crippen LogP contribution is -2.47. The van der Waals surface area contributed by atoms with Crippen molar-refractivity contribution in [3.8, 4) is 11.1 Å². The van der Waals surface area contributed by atoms with Gasteiger partial charge in [0.25, 0.3) is 0 Å². The van der Waals surface area contributed by atoms with Gasteiger partial charge in [-0.15, -0.1) is 0 Å². The van der Waals surface area contributed by atoms with Gasteiger partial charge in [0, 0.05) is 39.7 Å². The number of carboxylic acid groups (broad SMARTS) is 1. The Labute approximate surface area is 204 Å². The largest absolute Gasteiger partial charge is 0.480 e. The molecule has 0 fully saturated rings. The number of hydrogen-bond acceptors (Lipinski definition) is 6. The van der Waals surface area contributed by atoms with E-state index in [-0.39, 0.29) is 31.9 Å². The SMILES string of the molecule is COCCCC(NC(=O)C(CCNC(=O)OCC1c2ccccc2-c2ccccc21)OC)C(=O)O. The van der Waals surface area contributed by atoms with Crippen LogP contribution in [-0.2, 0) is 23.8 Å². The average molecular weight is 485 g/mol. The second kappa shape index (κ2) is 12.9. The summed E-state index contributed by atoms with van der Waals surface area (Å²) in [5.74, 6) is -1.72. The van der Waals surface area contributed by atoms with Crippen LogP contribution in [-0.4, -0.2) is 69.2 Å². The fourth-order valence-electron chi connectivity index (χ4n) is 4.26. The van der Waals surface area contributed by atoms with Gasteiger partial charge >= 0.3 is 12.1 Å². The summed E-state index contributed by atoms with van der Waals surface area (Å²) in [6, 6.07) is 15.1. The molecule has 2 aromatic carbocycles. The van der Waals surface area contributed by atoms with Crippen molar-refractivity contribution in [3.63, 3.8) is 0 Å². The van der Waals surface area contributed by atoms with Crippen molar-refractivity contribution in [2.75, 3.05) is 34.0 Å². The highest BCUT2D eigenvalue weighted by atomic mass is 16.5. The number of carbonyl (C=O) groups excluding carboxylic acids is 2. The number of carbonyl (C=O) groups is 3. The fourth-order valence-corrected chi connectivity index (χ4v) is 4.26. The molecule has 1 aliphatic carbocycles. The lowest BCUT2D eigenvalue weighted by atomic mass is 9.98. The molecule has 2 amide bonds. The third kappa shape index (κ3) is 6.80. The van der Waals surface area contributed by atoms with Gasteiger partial charge in [-0.1, -0.05) is 48.5 Å². The molecule has 0 radical (unpaired) electrons. The Bertz CT molecular complexity index is 981. The predicted molar refractivity (Wildman–Crippen MR) is 129 cm³/mol. The van der Waals surface area contributed by atoms with Crippen molar-refractivity contribution < 1.29 is 33.7 Å². The van der Waals surface area contributed by atoms with Crippen molar-refractivity contribution in [2.45, 2.75) is 37.3 Å². The van der Waals surface area contributed by atoms with Gasteiger partial charge in [0.1, 0.15) is 18.8 Å². The van der Waals surface area contributed by atoms with Crippen molar-refractivity contribution >= 4 is 18.0 Å². The monoisotopic (exact) mass is 484 g/mol. The fraction of sp³-hybridized carbons (Fsp3) is 0.423. The standard InChI is InChI=1S/C26H32N2O7/c1-33-15-7-12-22(25(30)31)28-24(29)23(34-2)13-14-27-26(32)35-16-21-19-10-5-3-8-17(19)18-9-4-6-11-20(18)21/h3-6,8-11,21-23H,7,12-16H2,1-2H3,(H,27,32)(H,28,29)(H,30,31). The topological polar surface area (TPSA) is 123 Å². The second-order valence-electron chi connectivity index (χ2n) is 8.30. The number of aliphatic carboxylic acids is 1. The van der Waals surface area contributed by atoms with E-state index in [1.165, 1.54) is 14.2 Å². The van der Waals surface area contributed by atoms with Crippen LogP contribution in [0.25, 0.3) is 11.1 Å². The molecule has 0 aliphatic heterocycles. The molecule has 2 unspecified atom stereocenters. The zero-order valence-corrected chi connectivity index (χ0v) is 20.0. The molecule has 0 heterocycles. The summed E-state index contributed by atoms with van der Waals surface area (Å²) < 4.78 is 15.6. The lowest BCUT2D eigenvalue weighted by Gasteiger charge is -2.20. The van der Waals surface area contributed by atoms with Crippen molar-refractivity contribution in [2.24, 2.45) is 0 Å². The highest BCUT2D eigenvalue weighted by molar-refractivity contribution is 5.86. The van der Waals surface area contributed by atoms with Crippen LogP contribution in [0.1, 0.15) is 36.3 Å². The van der Waals surface area contributed by atoms with Crippen molar-refractivity contribution in [3.05, 3.63) is 59.7 Å². The molecule has 0 aromatic heterocycles. The molecule has 1 aliphatic rings. The van der Waals surface area contributed by atoms with Crippen LogP contribution in [0.4, 0.5) is 4.79 Å². The molecule has 0 bridgehead atoms. The van der Waals surface area contributed by atoms with E-state index in [0.717, 1.165) is 22.3 Å². The number of fused-ring (bicyclic) bond motifs is 3. The molecule has 2 atom stereocenters. The Kier molecular flexibility index (Phi) is 9.63. The van der Waals surface area contributed by atoms with E-state index in [0.29, 0.717) is 13.0 Å². The number of carboxylic acids is 1. The molecule has 9 heteroatoms. The normalized spacial score (nSPS) is 13.9. The molecule has 0 saturated heterocycles. The predicted octanol–water partition coefficient (Wildman–Crippen LogP) is 2.93. The smallest absolute Gasteiger partial charge is 0.407 e. The first-order valence-corrected chi connectivity index (χ1v) is 11.6. The first kappa shape index (κ1) is 26.2. The highest BCUT2D eigenvalue weighted by Crippen LogP contribution is 2.44. The lowest BCUT2D eigenvalue weighted by molar-refractivity contribution is -0.144. The number of benzene rings is 2. The van der Waals surface area contributed by atoms with E-state index in [4.69, 9.17) is 14.2 Å². The van der Waals surface area contributed by atoms with Gasteiger partial charge in [-0.05, 0) is 35.1 Å². The zero-order valence-electron chi connectivity index (χ0n) is 20.0. The van der Waals surface area contributed by atoms with Gasteiger partial charge in [0.05, 0.1) is 0 Å². The number of nitrogens with one attached hydrogen (secondary N) is 2. The minimum absolute atomic E-state index is 0.0447. The number of amides is 2. The Morgan fingerprint density at radius 3 is 2.17 bits per heavy atom. The van der Waals surface area contributed by atoms with E-state index < -0.39 is 30.1 Å². The number of alkyl carbamates (subject to hydrolysis) is 1. The first-order chi connectivity index (χ1) is 17.0. The minimum Gasteiger partial charge on any atom is -0.480 e. The minimum atomic E-state index is -1.12. The van der Waals surface area contributed by atoms with Gasteiger partial charge in [0.15, 0.2) is 0 Å². The summed E-state index contributed by atoms with van der Waals surface area (Å²) in [6.45, 7) is 0.719. The summed E-state index contributed by atoms with van der Waals surface area (Å²) in [7, 11) is 2.89. The molecule has 3 N–H and O–H groups in total. The van der Waals surface area contributed by atoms with E-state index in [9.17, 15) is 19.5 Å². The summed E-state index contributed by atoms with van der Waals surface area (Å²) in [6.07, 6.45) is -0.604. The van der Waals surface area contributed by atoms with Crippen LogP contribution in [0.15, 0.2) is 48.5 Å². The second-order valence-corrected chi connectivity index (χ2v) is 8.30. The number of hydrogen-bond donors (Lipinski definition) is 3.